The van der Waals surface area contributed by atoms with E-state index in [-0.39, 0.29) is 5.38 Å². The number of aryl methyl sites for hydroxylation is 1. The van der Waals surface area contributed by atoms with E-state index in [0.717, 1.165) is 17.9 Å². The predicted octanol–water partition coefficient (Wildman–Crippen LogP) is 5.08. The highest BCUT2D eigenvalue weighted by molar-refractivity contribution is 6.20. The number of nitrogens with zero attached hydrogens (tertiary/aromatic N) is 2. The van der Waals surface area contributed by atoms with Gasteiger partial charge in [0, 0.05) is 6.54 Å². The van der Waals surface area contributed by atoms with E-state index >= 15 is 0 Å². The molecule has 0 aliphatic heterocycles. The fourth-order valence-electron chi connectivity index (χ4n) is 2.55. The van der Waals surface area contributed by atoms with Crippen molar-refractivity contribution in [3.05, 3.63) is 29.6 Å². The van der Waals surface area contributed by atoms with Crippen molar-refractivity contribution in [1.82, 2.24) is 9.55 Å². The summed E-state index contributed by atoms with van der Waals surface area (Å²) >= 11 is 6.31. The van der Waals surface area contributed by atoms with Crippen LogP contribution in [0.2, 0.25) is 0 Å². The van der Waals surface area contributed by atoms with Crippen LogP contribution in [0.15, 0.2) is 18.2 Å². The van der Waals surface area contributed by atoms with Crippen molar-refractivity contribution in [2.45, 2.75) is 52.5 Å². The van der Waals surface area contributed by atoms with Gasteiger partial charge in [0.15, 0.2) is 0 Å². The summed E-state index contributed by atoms with van der Waals surface area (Å²) in [6.45, 7) is 9.64. The Kier molecular flexibility index (Phi) is 4.51. The Morgan fingerprint density at radius 3 is 2.53 bits per heavy atom. The molecule has 2 rings (SSSR count). The minimum atomic E-state index is -0.0536. The summed E-state index contributed by atoms with van der Waals surface area (Å²) < 4.78 is 2.32. The van der Waals surface area contributed by atoms with Crippen molar-refractivity contribution in [2.24, 2.45) is 5.92 Å². The highest BCUT2D eigenvalue weighted by Crippen LogP contribution is 2.27. The van der Waals surface area contributed by atoms with Crippen LogP contribution in [0.25, 0.3) is 11.0 Å². The van der Waals surface area contributed by atoms with E-state index < -0.39 is 0 Å². The maximum absolute atomic E-state index is 6.31. The monoisotopic (exact) mass is 278 g/mol. The molecule has 1 aromatic heterocycles. The topological polar surface area (TPSA) is 17.8 Å². The van der Waals surface area contributed by atoms with Gasteiger partial charge in [-0.2, -0.15) is 0 Å². The summed E-state index contributed by atoms with van der Waals surface area (Å²) in [6, 6.07) is 6.42. The summed E-state index contributed by atoms with van der Waals surface area (Å²) in [6.07, 6.45) is 2.39. The summed E-state index contributed by atoms with van der Waals surface area (Å²) in [5, 5.41) is -0.0536. The molecule has 1 heterocycles. The standard InChI is InChI=1S/C16H23ClN2/c1-5-13(6-2)10-19-15-9-11(3)7-8-14(15)18-16(19)12(4)17/h7-9,12-13H,5-6,10H2,1-4H3. The Balaban J connectivity index is 2.53. The Bertz CT molecular complexity index is 553. The van der Waals surface area contributed by atoms with Gasteiger partial charge in [-0.15, -0.1) is 11.6 Å². The van der Waals surface area contributed by atoms with E-state index in [0.29, 0.717) is 5.92 Å². The average molecular weight is 279 g/mol. The average Bonchev–Trinajstić information content (AvgIpc) is 2.74. The van der Waals surface area contributed by atoms with Crippen molar-refractivity contribution in [3.63, 3.8) is 0 Å². The summed E-state index contributed by atoms with van der Waals surface area (Å²) in [5.74, 6) is 1.68. The van der Waals surface area contributed by atoms with Crippen molar-refractivity contribution in [1.29, 1.82) is 0 Å². The molecule has 0 fully saturated rings. The first kappa shape index (κ1) is 14.4. The molecule has 0 radical (unpaired) electrons. The highest BCUT2D eigenvalue weighted by Gasteiger charge is 2.17. The number of halogens is 1. The minimum absolute atomic E-state index is 0.0536. The molecule has 1 unspecified atom stereocenters. The number of aromatic nitrogens is 2. The van der Waals surface area contributed by atoms with E-state index in [1.807, 2.05) is 6.92 Å². The van der Waals surface area contributed by atoms with Gasteiger partial charge in [0.25, 0.3) is 0 Å². The Hall–Kier alpha value is -1.02. The third kappa shape index (κ3) is 2.94. The quantitative estimate of drug-likeness (QED) is 0.697. The molecule has 0 saturated carbocycles. The number of fused-ring (bicyclic) bond motifs is 1. The summed E-state index contributed by atoms with van der Waals surface area (Å²) in [7, 11) is 0. The largest absolute Gasteiger partial charge is 0.326 e. The van der Waals surface area contributed by atoms with Crippen molar-refractivity contribution in [2.75, 3.05) is 0 Å². The van der Waals surface area contributed by atoms with Crippen LogP contribution < -0.4 is 0 Å². The summed E-state index contributed by atoms with van der Waals surface area (Å²) in [4.78, 5) is 4.71. The van der Waals surface area contributed by atoms with Gasteiger partial charge < -0.3 is 4.57 Å². The third-order valence-corrected chi connectivity index (χ3v) is 4.08. The summed E-state index contributed by atoms with van der Waals surface area (Å²) in [5.41, 5.74) is 3.54. The molecule has 19 heavy (non-hydrogen) atoms. The molecule has 0 aliphatic carbocycles. The molecule has 0 amide bonds. The maximum atomic E-state index is 6.31. The van der Waals surface area contributed by atoms with Gasteiger partial charge in [-0.1, -0.05) is 32.8 Å². The highest BCUT2D eigenvalue weighted by atomic mass is 35.5. The van der Waals surface area contributed by atoms with Crippen LogP contribution in [0, 0.1) is 12.8 Å². The lowest BCUT2D eigenvalue weighted by Crippen LogP contribution is -2.12. The second-order valence-corrected chi connectivity index (χ2v) is 6.03. The van der Waals surface area contributed by atoms with E-state index in [4.69, 9.17) is 16.6 Å². The van der Waals surface area contributed by atoms with Gasteiger partial charge >= 0.3 is 0 Å². The van der Waals surface area contributed by atoms with Crippen molar-refractivity contribution >= 4 is 22.6 Å². The third-order valence-electron chi connectivity index (χ3n) is 3.88. The molecule has 0 saturated heterocycles. The zero-order chi connectivity index (χ0) is 14.0. The van der Waals surface area contributed by atoms with E-state index in [9.17, 15) is 0 Å². The van der Waals surface area contributed by atoms with Crippen LogP contribution in [0.5, 0.6) is 0 Å². The fraction of sp³-hybridized carbons (Fsp3) is 0.562. The van der Waals surface area contributed by atoms with Gasteiger partial charge in [-0.05, 0) is 37.5 Å². The van der Waals surface area contributed by atoms with Crippen molar-refractivity contribution < 1.29 is 0 Å². The molecular weight excluding hydrogens is 256 g/mol. The Morgan fingerprint density at radius 1 is 1.26 bits per heavy atom. The first-order chi connectivity index (χ1) is 9.06. The lowest BCUT2D eigenvalue weighted by atomic mass is 10.0. The van der Waals surface area contributed by atoms with E-state index in [2.05, 4.69) is 43.5 Å². The SMILES string of the molecule is CCC(CC)Cn1c(C(C)Cl)nc2ccc(C)cc21. The molecule has 2 nitrogen and oxygen atoms in total. The fourth-order valence-corrected chi connectivity index (χ4v) is 2.72. The Morgan fingerprint density at radius 2 is 1.95 bits per heavy atom. The van der Waals surface area contributed by atoms with Crippen LogP contribution in [0.4, 0.5) is 0 Å². The Labute approximate surface area is 120 Å². The second-order valence-electron chi connectivity index (χ2n) is 5.37. The number of alkyl halides is 1. The van der Waals surface area contributed by atoms with Crippen LogP contribution in [-0.4, -0.2) is 9.55 Å². The van der Waals surface area contributed by atoms with E-state index in [1.165, 1.54) is 23.9 Å². The number of hydrogen-bond donors (Lipinski definition) is 0. The molecule has 0 N–H and O–H groups in total. The molecule has 104 valence electrons. The van der Waals surface area contributed by atoms with Crippen LogP contribution in [-0.2, 0) is 6.54 Å². The van der Waals surface area contributed by atoms with Crippen LogP contribution in [0.1, 0.15) is 50.4 Å². The molecular formula is C16H23ClN2. The maximum Gasteiger partial charge on any atom is 0.127 e. The zero-order valence-electron chi connectivity index (χ0n) is 12.3. The molecule has 0 aliphatic rings. The lowest BCUT2D eigenvalue weighted by molar-refractivity contribution is 0.417. The van der Waals surface area contributed by atoms with Crippen molar-refractivity contribution in [3.8, 4) is 0 Å². The zero-order valence-corrected chi connectivity index (χ0v) is 13.0. The molecule has 0 bridgehead atoms. The second kappa shape index (κ2) is 5.96. The van der Waals surface area contributed by atoms with Crippen LogP contribution in [0.3, 0.4) is 0 Å². The predicted molar refractivity (Wildman–Crippen MR) is 82.8 cm³/mol. The van der Waals surface area contributed by atoms with Gasteiger partial charge in [0.2, 0.25) is 0 Å². The number of benzene rings is 1. The normalized spacial score (nSPS) is 13.4. The van der Waals surface area contributed by atoms with E-state index in [1.54, 1.807) is 0 Å². The molecule has 2 aromatic rings. The molecule has 3 heteroatoms. The van der Waals surface area contributed by atoms with Gasteiger partial charge in [-0.3, -0.25) is 0 Å². The smallest absolute Gasteiger partial charge is 0.127 e. The molecule has 0 spiro atoms. The first-order valence-corrected chi connectivity index (χ1v) is 7.61. The lowest BCUT2D eigenvalue weighted by Gasteiger charge is -2.17. The number of imidazole rings is 1. The number of rotatable bonds is 5. The first-order valence-electron chi connectivity index (χ1n) is 7.17. The van der Waals surface area contributed by atoms with Gasteiger partial charge in [0.05, 0.1) is 16.4 Å². The minimum Gasteiger partial charge on any atom is -0.326 e. The molecule has 1 aromatic carbocycles. The van der Waals surface area contributed by atoms with Gasteiger partial charge in [0.1, 0.15) is 5.82 Å². The molecule has 1 atom stereocenters. The van der Waals surface area contributed by atoms with Crippen LogP contribution >= 0.6 is 11.6 Å². The number of hydrogen-bond acceptors (Lipinski definition) is 1. The van der Waals surface area contributed by atoms with Gasteiger partial charge in [-0.25, -0.2) is 4.98 Å².